The van der Waals surface area contributed by atoms with Gasteiger partial charge in [0.15, 0.2) is 16.5 Å². The van der Waals surface area contributed by atoms with Crippen molar-refractivity contribution in [1.29, 1.82) is 0 Å². The molecule has 8 nitrogen and oxygen atoms in total. The Labute approximate surface area is 633 Å². The van der Waals surface area contributed by atoms with Gasteiger partial charge in [0.25, 0.3) is 0 Å². The molecule has 0 N–H and O–H groups in total. The molecule has 12 rings (SSSR count). The van der Waals surface area contributed by atoms with Crippen LogP contribution in [-0.2, 0) is 9.47 Å². The Balaban J connectivity index is 0.000000236. The zero-order chi connectivity index (χ0) is 68.2. The minimum Gasteiger partial charge on any atom is -0.645 e. The van der Waals surface area contributed by atoms with Crippen molar-refractivity contribution in [3.63, 3.8) is 0 Å². The summed E-state index contributed by atoms with van der Waals surface area (Å²) in [4.78, 5) is 11.0. The van der Waals surface area contributed by atoms with Gasteiger partial charge in [-0.2, -0.15) is 12.1 Å². The van der Waals surface area contributed by atoms with Gasteiger partial charge in [-0.3, -0.25) is 9.97 Å². The molecule has 0 saturated carbocycles. The largest absolute Gasteiger partial charge is 2.00 e. The molecule has 2 fully saturated rings. The standard InChI is InChI=1S/2C36H41N3P2Si2.2C4H8O.2Pb/c2*1-42(2,3)38-40(32-21-11-7-12-22-32,33-23-13-8-14-24-33)30-31-20-19-29-36(37-31)41(39-43(4,5)6,34-25-15-9-16-26-34)35-27-17-10-18-28-35;2*1-2-4-5-3-1;;/h2*7-29H,1-6H3;2*1-4H2;;/q2*-2;;;2*+2. The van der Waals surface area contributed by atoms with E-state index in [1.54, 1.807) is 0 Å². The first-order valence-electron chi connectivity index (χ1n) is 33.7. The van der Waals surface area contributed by atoms with E-state index in [0.29, 0.717) is 0 Å². The second-order valence-electron chi connectivity index (χ2n) is 27.9. The summed E-state index contributed by atoms with van der Waals surface area (Å²) in [5.74, 6) is 8.03. The van der Waals surface area contributed by atoms with Gasteiger partial charge in [0.05, 0.1) is 25.0 Å². The topological polar surface area (TPSA) is 97.2 Å². The molecule has 2 saturated heterocycles. The van der Waals surface area contributed by atoms with Crippen LogP contribution in [0.3, 0.4) is 0 Å². The van der Waals surface area contributed by atoms with Crippen LogP contribution in [0.15, 0.2) is 288 Å². The molecule has 98 heavy (non-hydrogen) atoms. The van der Waals surface area contributed by atoms with Gasteiger partial charge in [0.2, 0.25) is 0 Å². The summed E-state index contributed by atoms with van der Waals surface area (Å²) in [6, 6.07) is 99.1. The molecule has 4 heterocycles. The van der Waals surface area contributed by atoms with Gasteiger partial charge >= 0.3 is 54.6 Å². The zero-order valence-electron chi connectivity index (χ0n) is 59.5. The summed E-state index contributed by atoms with van der Waals surface area (Å²) in [6.07, 6.45) is 5.11. The SMILES string of the molecule is C1CCOC1.C1CCOC1.C[Si](C)(C)N=P(c1ccccc1)(c1ccccc1)c1cccc([C-]=P([N-][Si](C)(C)C)(c2ccccc2)c2ccccc2)n1.C[Si](C)(C)N=P(c1ccccc1)(c1ccccc1)c1cccc([C-]=P([N-][Si](C)(C)C)(c2ccccc2)c2ccccc2)n1.[Pb+2].[Pb+2]. The van der Waals surface area contributed by atoms with Crippen LogP contribution in [0.1, 0.15) is 37.1 Å². The molecule has 0 unspecified atom stereocenters. The van der Waals surface area contributed by atoms with E-state index >= 15 is 0 Å². The minimum absolute atomic E-state index is 0. The van der Waals surface area contributed by atoms with Crippen LogP contribution in [0.25, 0.3) is 9.51 Å². The molecule has 0 spiro atoms. The number of hydrogen-bond acceptors (Lipinski definition) is 6. The fraction of sp³-hybridized carbons (Fsp3) is 0.250. The van der Waals surface area contributed by atoms with Crippen molar-refractivity contribution in [2.24, 2.45) is 8.82 Å². The Morgan fingerprint density at radius 1 is 0.296 bits per heavy atom. The van der Waals surface area contributed by atoms with Crippen LogP contribution in [0.4, 0.5) is 0 Å². The molecule has 8 aromatic carbocycles. The molecule has 4 radical (unpaired) electrons. The van der Waals surface area contributed by atoms with Crippen molar-refractivity contribution in [2.75, 3.05) is 26.4 Å². The number of nitrogens with zero attached hydrogens (tertiary/aromatic N) is 6. The maximum absolute atomic E-state index is 5.82. The Hall–Kier alpha value is -4.33. The summed E-state index contributed by atoms with van der Waals surface area (Å²) >= 11 is 0. The van der Waals surface area contributed by atoms with Crippen LogP contribution >= 0.6 is 28.2 Å². The third kappa shape index (κ3) is 22.3. The van der Waals surface area contributed by atoms with Gasteiger partial charge in [-0.25, -0.2) is 25.7 Å². The van der Waals surface area contributed by atoms with E-state index in [2.05, 4.69) is 369 Å². The predicted molar refractivity (Wildman–Crippen MR) is 449 cm³/mol. The summed E-state index contributed by atoms with van der Waals surface area (Å²) in [6.45, 7) is 31.8. The van der Waals surface area contributed by atoms with Gasteiger partial charge in [-0.1, -0.05) is 371 Å². The summed E-state index contributed by atoms with van der Waals surface area (Å²) in [7, 11) is -17.4. The molecule has 0 aliphatic carbocycles. The molecule has 2 aliphatic rings. The first kappa shape index (κ1) is 81.0. The second-order valence-corrected chi connectivity index (χ2v) is 59.1. The van der Waals surface area contributed by atoms with Crippen LogP contribution in [0.2, 0.25) is 78.6 Å². The molecule has 0 atom stereocenters. The molecule has 0 bridgehead atoms. The smallest absolute Gasteiger partial charge is 0.645 e. The second kappa shape index (κ2) is 37.7. The fourth-order valence-corrected chi connectivity index (χ4v) is 40.6. The summed E-state index contributed by atoms with van der Waals surface area (Å²) < 4.78 is 33.0. The van der Waals surface area contributed by atoms with E-state index in [9.17, 15) is 0 Å². The van der Waals surface area contributed by atoms with Crippen LogP contribution < -0.4 is 53.3 Å². The summed E-state index contributed by atoms with van der Waals surface area (Å²) in [5, 5.41) is 9.73. The Morgan fingerprint density at radius 2 is 0.510 bits per heavy atom. The Morgan fingerprint density at radius 3 is 0.694 bits per heavy atom. The Kier molecular flexibility index (Phi) is 31.2. The first-order chi connectivity index (χ1) is 46.0. The number of rotatable bonds is 18. The van der Waals surface area contributed by atoms with Crippen molar-refractivity contribution in [1.82, 2.24) is 9.97 Å². The maximum Gasteiger partial charge on any atom is 2.00 e. The third-order valence-corrected chi connectivity index (χ3v) is 40.9. The van der Waals surface area contributed by atoms with Crippen molar-refractivity contribution in [3.05, 3.63) is 300 Å². The van der Waals surface area contributed by atoms with Crippen LogP contribution in [0.5, 0.6) is 0 Å². The van der Waals surface area contributed by atoms with Gasteiger partial charge in [0.1, 0.15) is 0 Å². The molecule has 18 heteroatoms. The quantitative estimate of drug-likeness (QED) is 0.0486. The van der Waals surface area contributed by atoms with Crippen molar-refractivity contribution < 1.29 is 9.47 Å². The van der Waals surface area contributed by atoms with E-state index in [1.165, 1.54) is 68.1 Å². The number of aromatic nitrogens is 2. The van der Waals surface area contributed by atoms with Gasteiger partial charge in [-0.05, 0) is 25.7 Å². The minimum atomic E-state index is -2.44. The van der Waals surface area contributed by atoms with E-state index in [0.717, 1.165) is 48.7 Å². The molecule has 504 valence electrons. The number of pyridine rings is 2. The van der Waals surface area contributed by atoms with Gasteiger partial charge < -0.3 is 27.8 Å². The summed E-state index contributed by atoms with van der Waals surface area (Å²) in [5.41, 5.74) is 3.71. The average molecular weight is 1830 g/mol. The Bertz CT molecular complexity index is 3810. The molecule has 2 aromatic heterocycles. The number of hydrogen-bond donors (Lipinski definition) is 0. The molecule has 10 aromatic rings. The van der Waals surface area contributed by atoms with Crippen molar-refractivity contribution in [2.45, 2.75) is 104 Å². The van der Waals surface area contributed by atoms with E-state index < -0.39 is 61.1 Å². The third-order valence-electron chi connectivity index (χ3n) is 15.2. The van der Waals surface area contributed by atoms with E-state index in [-0.39, 0.29) is 54.6 Å². The average Bonchev–Trinajstić information content (AvgIpc) is 0.986. The van der Waals surface area contributed by atoms with Crippen molar-refractivity contribution >= 4 is 181 Å². The number of benzene rings is 8. The normalized spacial score (nSPS) is 13.4. The monoisotopic (exact) mass is 1830 g/mol. The molecular formula is C80H98N6O2P4Pb2Si4. The van der Waals surface area contributed by atoms with Crippen molar-refractivity contribution in [3.8, 4) is 0 Å². The first-order valence-corrected chi connectivity index (χ1v) is 54.5. The van der Waals surface area contributed by atoms with E-state index in [1.807, 2.05) is 0 Å². The molecular weight excluding hydrogens is 1730 g/mol. The fourth-order valence-electron chi connectivity index (χ4n) is 11.6. The molecule has 2 aliphatic heterocycles. The predicted octanol–water partition coefficient (Wildman–Crippen LogP) is 17.3. The van der Waals surface area contributed by atoms with Crippen LogP contribution in [-0.4, -0.2) is 136 Å². The van der Waals surface area contributed by atoms with Gasteiger partial charge in [-0.15, -0.1) is 23.5 Å². The zero-order valence-corrected chi connectivity index (χ0v) is 74.9. The number of ether oxygens (including phenoxy) is 2. The molecule has 0 amide bonds. The van der Waals surface area contributed by atoms with Crippen LogP contribution in [0, 0.1) is 0 Å². The maximum atomic E-state index is 5.82. The van der Waals surface area contributed by atoms with E-state index in [4.69, 9.17) is 37.8 Å². The van der Waals surface area contributed by atoms with Gasteiger partial charge in [0, 0.05) is 47.6 Å².